The van der Waals surface area contributed by atoms with Crippen LogP contribution in [0.1, 0.15) is 226 Å². The molecule has 0 aliphatic rings. The van der Waals surface area contributed by atoms with Crippen molar-refractivity contribution in [3.05, 3.63) is 72.9 Å². The number of aliphatic hydroxyl groups excluding tert-OH is 1. The summed E-state index contributed by atoms with van der Waals surface area (Å²) in [6, 6.07) is 0. The van der Waals surface area contributed by atoms with Crippen molar-refractivity contribution < 1.29 is 52.2 Å². The van der Waals surface area contributed by atoms with Crippen molar-refractivity contribution >= 4 is 25.7 Å². The van der Waals surface area contributed by atoms with E-state index in [1.54, 1.807) is 6.08 Å². The first-order valence-corrected chi connectivity index (χ1v) is 28.3. The predicted octanol–water partition coefficient (Wildman–Crippen LogP) is 15.4. The Morgan fingerprint density at radius 2 is 0.809 bits per heavy atom. The largest absolute Gasteiger partial charge is 0.472 e. The zero-order chi connectivity index (χ0) is 49.9. The molecule has 0 aromatic carbocycles. The molecule has 0 saturated heterocycles. The van der Waals surface area contributed by atoms with Gasteiger partial charge in [-0.3, -0.25) is 23.4 Å². The van der Waals surface area contributed by atoms with E-state index in [4.69, 9.17) is 23.3 Å². The van der Waals surface area contributed by atoms with Gasteiger partial charge in [-0.1, -0.05) is 209 Å². The maximum atomic E-state index is 12.9. The second kappa shape index (κ2) is 50.3. The van der Waals surface area contributed by atoms with Gasteiger partial charge in [0.2, 0.25) is 0 Å². The maximum absolute atomic E-state index is 12.9. The van der Waals surface area contributed by atoms with E-state index in [1.165, 1.54) is 89.9 Å². The standard InChI is InChI=1S/C56H97O11P/c1-4-7-10-13-16-19-21-23-25-26-28-30-32-35-38-41-44-47-56(60)67-53(49-63-54(58)45-42-39-36-34-31-29-27-24-22-20-17-14-11-8-5-2)51-65-68(61,62)64-50-52(48-57)66-55(59)46-43-40-37-33-18-15-12-9-6-3/h8,11,17,20,23-25,27,31,34,39,42,52-53,57H,4-7,9-10,12-16,18-19,21-22,26,28-30,32-33,35-38,40-41,43-51H2,1-3H3,(H,61,62)/b11-8-,20-17-,25-23-,27-24-,34-31-,42-39-. The Morgan fingerprint density at radius 1 is 0.441 bits per heavy atom. The summed E-state index contributed by atoms with van der Waals surface area (Å²) in [6.45, 7) is 4.38. The number of phosphoric ester groups is 1. The van der Waals surface area contributed by atoms with Gasteiger partial charge in [-0.05, 0) is 70.6 Å². The number of unbranched alkanes of at least 4 members (excludes halogenated alkanes) is 21. The number of esters is 3. The maximum Gasteiger partial charge on any atom is 0.472 e. The molecule has 0 amide bonds. The predicted molar refractivity (Wildman–Crippen MR) is 279 cm³/mol. The summed E-state index contributed by atoms with van der Waals surface area (Å²) in [5, 5.41) is 9.75. The molecule has 0 saturated carbocycles. The molecule has 68 heavy (non-hydrogen) atoms. The van der Waals surface area contributed by atoms with Crippen LogP contribution >= 0.6 is 7.82 Å². The van der Waals surface area contributed by atoms with Crippen molar-refractivity contribution in [1.29, 1.82) is 0 Å². The summed E-state index contributed by atoms with van der Waals surface area (Å²) in [5.41, 5.74) is 0. The SMILES string of the molecule is CC/C=C\C/C=C\C/C=C\C/C=C\C/C=C\CC(=O)OCC(COP(=O)(O)OCC(CO)OC(=O)CCCCCCCCCCC)OC(=O)CCCCCCCCC/C=C\CCCCCCCC. The van der Waals surface area contributed by atoms with Gasteiger partial charge >= 0.3 is 25.7 Å². The Hall–Kier alpha value is -3.08. The van der Waals surface area contributed by atoms with Crippen molar-refractivity contribution in [2.45, 2.75) is 238 Å². The number of carbonyl (C=O) groups excluding carboxylic acids is 3. The highest BCUT2D eigenvalue weighted by Crippen LogP contribution is 2.43. The van der Waals surface area contributed by atoms with E-state index in [0.717, 1.165) is 77.0 Å². The van der Waals surface area contributed by atoms with Crippen LogP contribution in [-0.2, 0) is 42.2 Å². The van der Waals surface area contributed by atoms with Crippen LogP contribution in [0.3, 0.4) is 0 Å². The van der Waals surface area contributed by atoms with Crippen LogP contribution in [0.25, 0.3) is 0 Å². The van der Waals surface area contributed by atoms with Crippen molar-refractivity contribution in [3.8, 4) is 0 Å². The smallest absolute Gasteiger partial charge is 0.461 e. The van der Waals surface area contributed by atoms with Crippen LogP contribution in [-0.4, -0.2) is 66.5 Å². The minimum Gasteiger partial charge on any atom is -0.461 e. The molecule has 392 valence electrons. The fourth-order valence-corrected chi connectivity index (χ4v) is 7.85. The molecule has 0 rings (SSSR count). The Bertz CT molecular complexity index is 1420. The molecule has 0 spiro atoms. The molecule has 3 unspecified atom stereocenters. The highest BCUT2D eigenvalue weighted by molar-refractivity contribution is 7.47. The minimum absolute atomic E-state index is 0.00695. The molecule has 11 nitrogen and oxygen atoms in total. The minimum atomic E-state index is -4.76. The highest BCUT2D eigenvalue weighted by Gasteiger charge is 2.28. The van der Waals surface area contributed by atoms with Gasteiger partial charge < -0.3 is 24.2 Å². The first-order chi connectivity index (χ1) is 33.2. The second-order valence-electron chi connectivity index (χ2n) is 17.7. The van der Waals surface area contributed by atoms with Gasteiger partial charge in [0.25, 0.3) is 0 Å². The van der Waals surface area contributed by atoms with Gasteiger partial charge in [-0.15, -0.1) is 0 Å². The molecular weight excluding hydrogens is 880 g/mol. The number of hydrogen-bond acceptors (Lipinski definition) is 10. The van der Waals surface area contributed by atoms with Gasteiger partial charge in [0.1, 0.15) is 12.7 Å². The normalized spacial score (nSPS) is 14.0. The Balaban J connectivity index is 4.85. The zero-order valence-corrected chi connectivity index (χ0v) is 43.9. The van der Waals surface area contributed by atoms with E-state index in [0.29, 0.717) is 19.3 Å². The van der Waals surface area contributed by atoms with Gasteiger partial charge in [0, 0.05) is 12.8 Å². The third-order valence-corrected chi connectivity index (χ3v) is 12.1. The lowest BCUT2D eigenvalue weighted by Crippen LogP contribution is -2.30. The lowest BCUT2D eigenvalue weighted by molar-refractivity contribution is -0.161. The molecule has 3 atom stereocenters. The average Bonchev–Trinajstić information content (AvgIpc) is 3.32. The molecule has 0 fully saturated rings. The first kappa shape index (κ1) is 64.9. The molecule has 0 aromatic heterocycles. The number of carbonyl (C=O) groups is 3. The molecule has 0 aliphatic carbocycles. The molecule has 12 heteroatoms. The summed E-state index contributed by atoms with van der Waals surface area (Å²) in [5.74, 6) is -1.62. The summed E-state index contributed by atoms with van der Waals surface area (Å²) in [7, 11) is -4.76. The van der Waals surface area contributed by atoms with E-state index in [9.17, 15) is 28.9 Å². The average molecular weight is 977 g/mol. The number of rotatable bonds is 49. The Morgan fingerprint density at radius 3 is 1.24 bits per heavy atom. The third-order valence-electron chi connectivity index (χ3n) is 11.1. The highest BCUT2D eigenvalue weighted by atomic mass is 31.2. The van der Waals surface area contributed by atoms with Gasteiger partial charge in [0.05, 0.1) is 26.2 Å². The Kier molecular flexibility index (Phi) is 48.0. The second-order valence-corrected chi connectivity index (χ2v) is 19.1. The molecular formula is C56H97O11P. The van der Waals surface area contributed by atoms with E-state index >= 15 is 0 Å². The third kappa shape index (κ3) is 48.0. The monoisotopic (exact) mass is 977 g/mol. The van der Waals surface area contributed by atoms with E-state index in [2.05, 4.69) is 75.5 Å². The zero-order valence-electron chi connectivity index (χ0n) is 43.1. The summed E-state index contributed by atoms with van der Waals surface area (Å²) >= 11 is 0. The fourth-order valence-electron chi connectivity index (χ4n) is 7.07. The van der Waals surface area contributed by atoms with Crippen molar-refractivity contribution in [2.24, 2.45) is 0 Å². The van der Waals surface area contributed by atoms with Gasteiger partial charge in [-0.25, -0.2) is 4.57 Å². The van der Waals surface area contributed by atoms with Crippen LogP contribution in [0.15, 0.2) is 72.9 Å². The number of hydrogen-bond donors (Lipinski definition) is 2. The van der Waals surface area contributed by atoms with Crippen LogP contribution in [0, 0.1) is 0 Å². The summed E-state index contributed by atoms with van der Waals surface area (Å²) < 4.78 is 39.2. The number of phosphoric acid groups is 1. The number of aliphatic hydroxyl groups is 1. The Labute approximate surface area is 414 Å². The van der Waals surface area contributed by atoms with E-state index < -0.39 is 57.8 Å². The van der Waals surface area contributed by atoms with Crippen molar-refractivity contribution in [1.82, 2.24) is 0 Å². The molecule has 0 aromatic rings. The van der Waals surface area contributed by atoms with Crippen molar-refractivity contribution in [2.75, 3.05) is 26.4 Å². The van der Waals surface area contributed by atoms with Crippen LogP contribution in [0.5, 0.6) is 0 Å². The first-order valence-electron chi connectivity index (χ1n) is 26.8. The topological polar surface area (TPSA) is 155 Å². The molecule has 2 N–H and O–H groups in total. The fraction of sp³-hybridized carbons (Fsp3) is 0.732. The summed E-state index contributed by atoms with van der Waals surface area (Å²) in [4.78, 5) is 48.2. The van der Waals surface area contributed by atoms with E-state index in [1.807, 2.05) is 12.2 Å². The van der Waals surface area contributed by atoms with Crippen LogP contribution in [0.4, 0.5) is 0 Å². The number of ether oxygens (including phenoxy) is 3. The quantitative estimate of drug-likeness (QED) is 0.0197. The van der Waals surface area contributed by atoms with Crippen LogP contribution in [0.2, 0.25) is 0 Å². The molecule has 0 bridgehead atoms. The van der Waals surface area contributed by atoms with Gasteiger partial charge in [0.15, 0.2) is 6.10 Å². The van der Waals surface area contributed by atoms with E-state index in [-0.39, 0.29) is 25.9 Å². The van der Waals surface area contributed by atoms with Gasteiger partial charge in [-0.2, -0.15) is 0 Å². The molecule has 0 heterocycles. The summed E-state index contributed by atoms with van der Waals surface area (Å²) in [6.07, 6.45) is 54.8. The lowest BCUT2D eigenvalue weighted by Gasteiger charge is -2.21. The van der Waals surface area contributed by atoms with Crippen molar-refractivity contribution in [3.63, 3.8) is 0 Å². The lowest BCUT2D eigenvalue weighted by atomic mass is 10.1. The van der Waals surface area contributed by atoms with Crippen LogP contribution < -0.4 is 0 Å². The molecule has 0 aliphatic heterocycles. The number of allylic oxidation sites excluding steroid dienone is 11. The molecule has 0 radical (unpaired) electrons.